The first-order valence-electron chi connectivity index (χ1n) is 5.53. The van der Waals surface area contributed by atoms with E-state index in [0.717, 1.165) is 13.7 Å². The maximum absolute atomic E-state index is 12.3. The largest absolute Gasteiger partial charge is 0.379 e. The van der Waals surface area contributed by atoms with Crippen LogP contribution >= 0.6 is 38.5 Å². The number of hydrogen-bond donors (Lipinski definition) is 2. The van der Waals surface area contributed by atoms with E-state index in [1.165, 1.54) is 0 Å². The topological polar surface area (TPSA) is 64.3 Å². The van der Waals surface area contributed by atoms with E-state index in [2.05, 4.69) is 43.8 Å². The van der Waals surface area contributed by atoms with Crippen molar-refractivity contribution in [1.29, 1.82) is 0 Å². The van der Waals surface area contributed by atoms with Gasteiger partial charge in [-0.1, -0.05) is 0 Å². The van der Waals surface area contributed by atoms with E-state index in [1.54, 1.807) is 0 Å². The zero-order chi connectivity index (χ0) is 13.3. The molecule has 3 N–H and O–H groups in total. The highest BCUT2D eigenvalue weighted by atomic mass is 127. The fraction of sp³-hybridized carbons (Fsp3) is 0.417. The molecular formula is C12H14BrIN2O2. The molecule has 6 heteroatoms. The lowest BCUT2D eigenvalue weighted by atomic mass is 9.85. The predicted molar refractivity (Wildman–Crippen MR) is 82.4 cm³/mol. The van der Waals surface area contributed by atoms with Gasteiger partial charge in [0, 0.05) is 19.8 Å². The SMILES string of the molecule is CC1(C(=O)Nc2ccc(Br)c(I)c2)COCC1N. The lowest BCUT2D eigenvalue weighted by Gasteiger charge is -2.25. The quantitative estimate of drug-likeness (QED) is 0.716. The maximum Gasteiger partial charge on any atom is 0.234 e. The molecule has 98 valence electrons. The first kappa shape index (κ1) is 14.2. The second-order valence-corrected chi connectivity index (χ2v) is 6.64. The molecule has 1 aromatic carbocycles. The molecule has 0 radical (unpaired) electrons. The van der Waals surface area contributed by atoms with Crippen molar-refractivity contribution in [3.8, 4) is 0 Å². The van der Waals surface area contributed by atoms with Crippen LogP contribution in [0.25, 0.3) is 0 Å². The Balaban J connectivity index is 2.14. The van der Waals surface area contributed by atoms with Crippen LogP contribution in [0.5, 0.6) is 0 Å². The van der Waals surface area contributed by atoms with Crippen molar-refractivity contribution >= 4 is 50.1 Å². The van der Waals surface area contributed by atoms with E-state index >= 15 is 0 Å². The summed E-state index contributed by atoms with van der Waals surface area (Å²) in [5, 5.41) is 2.90. The van der Waals surface area contributed by atoms with Crippen molar-refractivity contribution in [2.45, 2.75) is 13.0 Å². The third kappa shape index (κ3) is 2.71. The van der Waals surface area contributed by atoms with Gasteiger partial charge in [0.15, 0.2) is 0 Å². The number of halogens is 2. The monoisotopic (exact) mass is 424 g/mol. The summed E-state index contributed by atoms with van der Waals surface area (Å²) in [6.45, 7) is 2.64. The summed E-state index contributed by atoms with van der Waals surface area (Å²) in [7, 11) is 0. The highest BCUT2D eigenvalue weighted by Gasteiger charge is 2.44. The van der Waals surface area contributed by atoms with Gasteiger partial charge in [-0.2, -0.15) is 0 Å². The molecule has 4 nitrogen and oxygen atoms in total. The second-order valence-electron chi connectivity index (χ2n) is 4.62. The van der Waals surface area contributed by atoms with Crippen LogP contribution in [-0.2, 0) is 9.53 Å². The first-order chi connectivity index (χ1) is 8.43. The van der Waals surface area contributed by atoms with Crippen LogP contribution in [0.15, 0.2) is 22.7 Å². The normalized spacial score (nSPS) is 27.2. The molecule has 0 bridgehead atoms. The minimum atomic E-state index is -0.654. The molecule has 1 fully saturated rings. The van der Waals surface area contributed by atoms with Gasteiger partial charge in [0.1, 0.15) is 0 Å². The van der Waals surface area contributed by atoms with E-state index in [-0.39, 0.29) is 11.9 Å². The standard InChI is InChI=1S/C12H14BrIN2O2/c1-12(6-18-5-10(12)15)11(17)16-7-2-3-8(13)9(14)4-7/h2-4,10H,5-6,15H2,1H3,(H,16,17). The molecule has 1 saturated heterocycles. The van der Waals surface area contributed by atoms with Gasteiger partial charge in [-0.05, 0) is 63.6 Å². The summed E-state index contributed by atoms with van der Waals surface area (Å²) in [6.07, 6.45) is 0. The van der Waals surface area contributed by atoms with Crippen LogP contribution in [0.3, 0.4) is 0 Å². The van der Waals surface area contributed by atoms with Crippen LogP contribution in [0.2, 0.25) is 0 Å². The van der Waals surface area contributed by atoms with Crippen LogP contribution in [0.4, 0.5) is 5.69 Å². The average molecular weight is 425 g/mol. The molecule has 1 aliphatic rings. The Morgan fingerprint density at radius 3 is 2.94 bits per heavy atom. The Kier molecular flexibility index (Phi) is 4.30. The minimum absolute atomic E-state index is 0.0920. The summed E-state index contributed by atoms with van der Waals surface area (Å²) >= 11 is 5.63. The molecule has 1 aliphatic heterocycles. The van der Waals surface area contributed by atoms with E-state index in [4.69, 9.17) is 10.5 Å². The number of hydrogen-bond acceptors (Lipinski definition) is 3. The number of nitrogens with one attached hydrogen (secondary N) is 1. The van der Waals surface area contributed by atoms with Gasteiger partial charge in [-0.15, -0.1) is 0 Å². The van der Waals surface area contributed by atoms with E-state index in [0.29, 0.717) is 13.2 Å². The van der Waals surface area contributed by atoms with Crippen LogP contribution in [0, 0.1) is 8.99 Å². The van der Waals surface area contributed by atoms with Crippen molar-refractivity contribution in [2.75, 3.05) is 18.5 Å². The first-order valence-corrected chi connectivity index (χ1v) is 7.40. The molecule has 2 rings (SSSR count). The highest BCUT2D eigenvalue weighted by Crippen LogP contribution is 2.29. The van der Waals surface area contributed by atoms with Gasteiger partial charge >= 0.3 is 0 Å². The third-order valence-corrected chi connectivity index (χ3v) is 5.54. The molecular weight excluding hydrogens is 411 g/mol. The second kappa shape index (κ2) is 5.44. The molecule has 1 aromatic rings. The Morgan fingerprint density at radius 1 is 1.67 bits per heavy atom. The zero-order valence-corrected chi connectivity index (χ0v) is 13.6. The van der Waals surface area contributed by atoms with E-state index < -0.39 is 5.41 Å². The van der Waals surface area contributed by atoms with Crippen LogP contribution in [0.1, 0.15) is 6.92 Å². The van der Waals surface area contributed by atoms with Crippen LogP contribution < -0.4 is 11.1 Å². The van der Waals surface area contributed by atoms with Crippen molar-refractivity contribution in [3.63, 3.8) is 0 Å². The van der Waals surface area contributed by atoms with Crippen molar-refractivity contribution in [3.05, 3.63) is 26.2 Å². The van der Waals surface area contributed by atoms with E-state index in [1.807, 2.05) is 25.1 Å². The Labute approximate surface area is 128 Å². The fourth-order valence-corrected chi connectivity index (χ4v) is 2.53. The predicted octanol–water partition coefficient (Wildman–Crippen LogP) is 2.36. The van der Waals surface area contributed by atoms with Gasteiger partial charge in [0.25, 0.3) is 0 Å². The molecule has 18 heavy (non-hydrogen) atoms. The van der Waals surface area contributed by atoms with E-state index in [9.17, 15) is 4.79 Å². The van der Waals surface area contributed by atoms with Crippen molar-refractivity contribution in [1.82, 2.24) is 0 Å². The lowest BCUT2D eigenvalue weighted by molar-refractivity contribution is -0.125. The van der Waals surface area contributed by atoms with Gasteiger partial charge in [-0.3, -0.25) is 4.79 Å². The molecule has 0 saturated carbocycles. The number of ether oxygens (including phenoxy) is 1. The summed E-state index contributed by atoms with van der Waals surface area (Å²) in [5.74, 6) is -0.0920. The molecule has 0 spiro atoms. The average Bonchev–Trinajstić information content (AvgIpc) is 2.66. The number of carbonyl (C=O) groups excluding carboxylic acids is 1. The smallest absolute Gasteiger partial charge is 0.234 e. The van der Waals surface area contributed by atoms with Gasteiger partial charge in [0.05, 0.1) is 18.6 Å². The summed E-state index contributed by atoms with van der Waals surface area (Å²) in [5.41, 5.74) is 6.04. The minimum Gasteiger partial charge on any atom is -0.379 e. The highest BCUT2D eigenvalue weighted by molar-refractivity contribution is 14.1. The van der Waals surface area contributed by atoms with Gasteiger partial charge in [0.2, 0.25) is 5.91 Å². The molecule has 2 unspecified atom stereocenters. The summed E-state index contributed by atoms with van der Waals surface area (Å²) < 4.78 is 7.33. The molecule has 0 aromatic heterocycles. The number of carbonyl (C=O) groups is 1. The van der Waals surface area contributed by atoms with Crippen LogP contribution in [-0.4, -0.2) is 25.2 Å². The Morgan fingerprint density at radius 2 is 2.39 bits per heavy atom. The Bertz CT molecular complexity index is 483. The number of amides is 1. The Hall–Kier alpha value is -0.180. The van der Waals surface area contributed by atoms with Gasteiger partial charge in [-0.25, -0.2) is 0 Å². The van der Waals surface area contributed by atoms with Crippen molar-refractivity contribution < 1.29 is 9.53 Å². The third-order valence-electron chi connectivity index (χ3n) is 3.21. The maximum atomic E-state index is 12.3. The number of anilines is 1. The number of nitrogens with two attached hydrogens (primary N) is 1. The summed E-state index contributed by atoms with van der Waals surface area (Å²) in [4.78, 5) is 12.3. The molecule has 0 aliphatic carbocycles. The zero-order valence-electron chi connectivity index (χ0n) is 9.87. The molecule has 1 amide bonds. The fourth-order valence-electron chi connectivity index (χ4n) is 1.77. The van der Waals surface area contributed by atoms with Crippen molar-refractivity contribution in [2.24, 2.45) is 11.1 Å². The summed E-state index contributed by atoms with van der Waals surface area (Å²) in [6, 6.07) is 5.42. The molecule has 2 atom stereocenters. The van der Waals surface area contributed by atoms with Gasteiger partial charge < -0.3 is 15.8 Å². The number of benzene rings is 1. The number of rotatable bonds is 2. The molecule has 1 heterocycles. The lowest BCUT2D eigenvalue weighted by Crippen LogP contribution is -2.47.